The van der Waals surface area contributed by atoms with Crippen molar-refractivity contribution in [1.29, 1.82) is 0 Å². The van der Waals surface area contributed by atoms with Gasteiger partial charge < -0.3 is 0 Å². The molecular formula is C13H10F18O3Sn. The summed E-state index contributed by atoms with van der Waals surface area (Å²) < 4.78 is 240. The first kappa shape index (κ1) is 34.2. The van der Waals surface area contributed by atoms with Gasteiger partial charge in [-0.3, -0.25) is 0 Å². The topological polar surface area (TPSA) is 27.7 Å². The van der Waals surface area contributed by atoms with Crippen LogP contribution in [0.5, 0.6) is 0 Å². The predicted molar refractivity (Wildman–Crippen MR) is 76.3 cm³/mol. The maximum atomic E-state index is 13.1. The Balaban J connectivity index is 7.34. The van der Waals surface area contributed by atoms with E-state index >= 15 is 0 Å². The first-order valence-corrected chi connectivity index (χ1v) is 13.5. The zero-order valence-corrected chi connectivity index (χ0v) is 19.0. The van der Waals surface area contributed by atoms with Gasteiger partial charge in [0, 0.05) is 0 Å². The summed E-state index contributed by atoms with van der Waals surface area (Å²) in [6.45, 7) is 1.38. The van der Waals surface area contributed by atoms with Crippen LogP contribution in [0.3, 0.4) is 0 Å². The Hall–Kier alpha value is -0.841. The molecule has 0 aliphatic heterocycles. The molecule has 0 N–H and O–H groups in total. The molecule has 35 heavy (non-hydrogen) atoms. The molecule has 0 radical (unpaired) electrons. The first-order valence-electron chi connectivity index (χ1n) is 8.01. The Kier molecular flexibility index (Phi) is 9.89. The number of hydrogen-bond acceptors (Lipinski definition) is 3. The van der Waals surface area contributed by atoms with E-state index in [1.165, 1.54) is 0 Å². The van der Waals surface area contributed by atoms with E-state index in [0.717, 1.165) is 0 Å². The van der Waals surface area contributed by atoms with Crippen LogP contribution in [-0.2, 0) is 9.22 Å². The van der Waals surface area contributed by atoms with Crippen LogP contribution < -0.4 is 0 Å². The Bertz CT molecular complexity index is 636. The van der Waals surface area contributed by atoms with Gasteiger partial charge in [-0.05, 0) is 0 Å². The number of rotatable bonds is 8. The van der Waals surface area contributed by atoms with E-state index in [2.05, 4.69) is 15.8 Å². The van der Waals surface area contributed by atoms with E-state index in [1.54, 1.807) is 0 Å². The fourth-order valence-corrected chi connectivity index (χ4v) is 10.2. The summed E-state index contributed by atoms with van der Waals surface area (Å²) in [6.07, 6.45) is -52.3. The van der Waals surface area contributed by atoms with Crippen molar-refractivity contribution in [3.8, 4) is 0 Å². The van der Waals surface area contributed by atoms with Gasteiger partial charge in [-0.1, -0.05) is 0 Å². The van der Waals surface area contributed by atoms with Crippen LogP contribution in [0.1, 0.15) is 6.92 Å². The summed E-state index contributed by atoms with van der Waals surface area (Å²) in [5, 5.41) is 0. The van der Waals surface area contributed by atoms with Gasteiger partial charge in [0.1, 0.15) is 0 Å². The molecule has 0 aromatic carbocycles. The van der Waals surface area contributed by atoms with Gasteiger partial charge in [-0.15, -0.1) is 0 Å². The molecule has 0 saturated carbocycles. The Morgan fingerprint density at radius 1 is 0.600 bits per heavy atom. The van der Waals surface area contributed by atoms with E-state index in [4.69, 9.17) is 0 Å². The maximum absolute atomic E-state index is 13.1. The normalized spacial score (nSPS) is 15.8. The Labute approximate surface area is 187 Å². The van der Waals surface area contributed by atoms with Crippen LogP contribution in [0.15, 0.2) is 12.7 Å². The van der Waals surface area contributed by atoms with Gasteiger partial charge >= 0.3 is 187 Å². The van der Waals surface area contributed by atoms with Crippen molar-refractivity contribution in [1.82, 2.24) is 0 Å². The molecule has 0 atom stereocenters. The van der Waals surface area contributed by atoms with Crippen molar-refractivity contribution in [2.24, 2.45) is 0 Å². The SMILES string of the molecule is C=C[CH2][Sn]([O]C(C(F)(F)F)C(F)(F)F)([O]C(C(F)(F)F)C(F)(F)F)[O]C(C)(C(F)(F)F)C(F)(F)F. The summed E-state index contributed by atoms with van der Waals surface area (Å²) in [7, 11) is 0. The standard InChI is InChI=1S/C4H3F6O.2C3HF6O.C3H5.Sn/c1-2(11,3(5,6)7)4(8,9)10;2*4-2(5,6)1(10)3(7,8)9;1-3-2;/h1H3;2*1H;3H,1-2H2;/q3*-1;;+3. The second kappa shape index (κ2) is 10.1. The minimum absolute atomic E-state index is 0.225. The molecule has 0 saturated heterocycles. The summed E-state index contributed by atoms with van der Waals surface area (Å²) in [5.41, 5.74) is -5.94. The van der Waals surface area contributed by atoms with E-state index in [-0.39, 0.29) is 6.08 Å². The van der Waals surface area contributed by atoms with E-state index in [9.17, 15) is 79.0 Å². The van der Waals surface area contributed by atoms with E-state index < -0.39 is 85.8 Å². The monoisotopic (exact) mass is 676 g/mol. The van der Waals surface area contributed by atoms with Gasteiger partial charge in [-0.2, -0.15) is 0 Å². The van der Waals surface area contributed by atoms with Gasteiger partial charge in [0.2, 0.25) is 0 Å². The zero-order valence-electron chi connectivity index (χ0n) is 16.2. The predicted octanol–water partition coefficient (Wildman–Crippen LogP) is 7.03. The van der Waals surface area contributed by atoms with Gasteiger partial charge in [0.15, 0.2) is 0 Å². The van der Waals surface area contributed by atoms with Crippen molar-refractivity contribution in [3.63, 3.8) is 0 Å². The van der Waals surface area contributed by atoms with Crippen molar-refractivity contribution < 1.29 is 88.2 Å². The second-order valence-corrected chi connectivity index (χ2v) is 13.5. The van der Waals surface area contributed by atoms with Gasteiger partial charge in [-0.25, -0.2) is 0 Å². The Morgan fingerprint density at radius 3 is 1.03 bits per heavy atom. The fraction of sp³-hybridized carbons (Fsp3) is 0.846. The number of hydrogen-bond donors (Lipinski definition) is 0. The molecule has 0 heterocycles. The van der Waals surface area contributed by atoms with E-state index in [0.29, 0.717) is 0 Å². The Morgan fingerprint density at radius 2 is 0.857 bits per heavy atom. The van der Waals surface area contributed by atoms with Crippen LogP contribution in [0, 0.1) is 0 Å². The van der Waals surface area contributed by atoms with Crippen LogP contribution >= 0.6 is 0 Å². The molecule has 210 valence electrons. The molecule has 0 amide bonds. The number of halogens is 18. The van der Waals surface area contributed by atoms with Crippen LogP contribution in [0.25, 0.3) is 0 Å². The van der Waals surface area contributed by atoms with Gasteiger partial charge in [0.05, 0.1) is 0 Å². The summed E-state index contributed by atoms with van der Waals surface area (Å²) in [5.74, 6) is 0. The third-order valence-electron chi connectivity index (χ3n) is 3.62. The molecule has 0 rings (SSSR count). The second-order valence-electron chi connectivity index (χ2n) is 6.47. The molecular weight excluding hydrogens is 665 g/mol. The average Bonchev–Trinajstić information content (AvgIpc) is 2.51. The number of allylic oxidation sites excluding steroid dienone is 1. The van der Waals surface area contributed by atoms with Crippen LogP contribution in [-0.4, -0.2) is 74.5 Å². The van der Waals surface area contributed by atoms with Crippen molar-refractivity contribution >= 4 is 19.6 Å². The molecule has 3 nitrogen and oxygen atoms in total. The molecule has 0 bridgehead atoms. The molecule has 0 aromatic heterocycles. The summed E-state index contributed by atoms with van der Waals surface area (Å²) >= 11 is -8.70. The quantitative estimate of drug-likeness (QED) is 0.157. The minimum atomic E-state index is -8.70. The molecule has 0 spiro atoms. The summed E-state index contributed by atoms with van der Waals surface area (Å²) in [6, 6.07) is 0. The molecule has 22 heteroatoms. The van der Waals surface area contributed by atoms with Crippen LogP contribution in [0.2, 0.25) is 4.44 Å². The molecule has 0 unspecified atom stereocenters. The average molecular weight is 675 g/mol. The molecule has 0 fully saturated rings. The van der Waals surface area contributed by atoms with Crippen molar-refractivity contribution in [2.45, 2.75) is 66.2 Å². The molecule has 0 aromatic rings. The molecule has 0 aliphatic rings. The first-order chi connectivity index (χ1) is 14.9. The zero-order chi connectivity index (χ0) is 28.7. The van der Waals surface area contributed by atoms with Crippen molar-refractivity contribution in [3.05, 3.63) is 12.7 Å². The third-order valence-corrected chi connectivity index (χ3v) is 11.3. The van der Waals surface area contributed by atoms with Crippen molar-refractivity contribution in [2.75, 3.05) is 0 Å². The number of alkyl halides is 18. The van der Waals surface area contributed by atoms with Crippen LogP contribution in [0.4, 0.5) is 79.0 Å². The van der Waals surface area contributed by atoms with E-state index in [1.807, 2.05) is 0 Å². The van der Waals surface area contributed by atoms with Gasteiger partial charge in [0.25, 0.3) is 0 Å². The fourth-order valence-electron chi connectivity index (χ4n) is 1.98. The third kappa shape index (κ3) is 8.61. The molecule has 0 aliphatic carbocycles. The summed E-state index contributed by atoms with van der Waals surface area (Å²) in [4.78, 5) is 0.